The van der Waals surface area contributed by atoms with E-state index in [1.807, 2.05) is 26.0 Å². The summed E-state index contributed by atoms with van der Waals surface area (Å²) in [6.45, 7) is 3.85. The summed E-state index contributed by atoms with van der Waals surface area (Å²) >= 11 is 5.95. The molecule has 2 aromatic carbocycles. The Kier molecular flexibility index (Phi) is 5.14. The number of aromatic nitrogens is 1. The number of carbonyl (C=O) groups excluding carboxylic acids is 2. The summed E-state index contributed by atoms with van der Waals surface area (Å²) in [6, 6.07) is 14.8. The number of hydrogen-bond donors (Lipinski definition) is 1. The summed E-state index contributed by atoms with van der Waals surface area (Å²) in [7, 11) is 0. The number of carbonyl (C=O) groups is 2. The van der Waals surface area contributed by atoms with Crippen molar-refractivity contribution >= 4 is 34.7 Å². The highest BCUT2D eigenvalue weighted by Crippen LogP contribution is 2.43. The monoisotopic (exact) mass is 418 g/mol. The van der Waals surface area contributed by atoms with E-state index in [2.05, 4.69) is 4.98 Å². The number of ketones is 1. The molecule has 30 heavy (non-hydrogen) atoms. The molecule has 5 nitrogen and oxygen atoms in total. The molecule has 0 saturated carbocycles. The van der Waals surface area contributed by atoms with Crippen LogP contribution in [0.3, 0.4) is 0 Å². The van der Waals surface area contributed by atoms with Crippen molar-refractivity contribution in [3.8, 4) is 0 Å². The van der Waals surface area contributed by atoms with Crippen molar-refractivity contribution < 1.29 is 14.7 Å². The van der Waals surface area contributed by atoms with Gasteiger partial charge in [-0.05, 0) is 66.9 Å². The van der Waals surface area contributed by atoms with Crippen LogP contribution in [0.5, 0.6) is 0 Å². The summed E-state index contributed by atoms with van der Waals surface area (Å²) in [5.41, 5.74) is 3.58. The fourth-order valence-electron chi connectivity index (χ4n) is 3.69. The number of Topliss-reactive ketones (excluding diaryl/α,β-unsaturated/α-hetero) is 1. The molecule has 2 heterocycles. The molecule has 1 saturated heterocycles. The van der Waals surface area contributed by atoms with Crippen molar-refractivity contribution in [3.63, 3.8) is 0 Å². The fraction of sp³-hybridized carbons (Fsp3) is 0.125. The molecule has 4 rings (SSSR count). The summed E-state index contributed by atoms with van der Waals surface area (Å²) in [5.74, 6) is -1.67. The van der Waals surface area contributed by atoms with Gasteiger partial charge in [0.1, 0.15) is 5.76 Å². The van der Waals surface area contributed by atoms with Crippen LogP contribution in [0.15, 0.2) is 72.6 Å². The van der Waals surface area contributed by atoms with Gasteiger partial charge in [0.25, 0.3) is 11.7 Å². The van der Waals surface area contributed by atoms with Gasteiger partial charge in [0, 0.05) is 28.7 Å². The highest BCUT2D eigenvalue weighted by Gasteiger charge is 2.47. The van der Waals surface area contributed by atoms with E-state index in [1.54, 1.807) is 54.9 Å². The second-order valence-corrected chi connectivity index (χ2v) is 7.62. The average Bonchev–Trinajstić information content (AvgIpc) is 3.01. The zero-order valence-corrected chi connectivity index (χ0v) is 17.2. The molecular formula is C24H19ClN2O3. The quantitative estimate of drug-likeness (QED) is 0.370. The zero-order valence-electron chi connectivity index (χ0n) is 16.5. The van der Waals surface area contributed by atoms with E-state index < -0.39 is 17.7 Å². The molecule has 6 heteroatoms. The number of halogens is 1. The number of anilines is 1. The molecule has 1 atom stereocenters. The number of aryl methyl sites for hydroxylation is 1. The Morgan fingerprint density at radius 2 is 1.77 bits per heavy atom. The van der Waals surface area contributed by atoms with Crippen molar-refractivity contribution in [1.29, 1.82) is 0 Å². The molecule has 3 aromatic rings. The molecule has 1 aliphatic heterocycles. The Morgan fingerprint density at radius 3 is 2.43 bits per heavy atom. The highest BCUT2D eigenvalue weighted by atomic mass is 35.5. The Morgan fingerprint density at radius 1 is 1.03 bits per heavy atom. The molecular weight excluding hydrogens is 400 g/mol. The Bertz CT molecular complexity index is 1170. The summed E-state index contributed by atoms with van der Waals surface area (Å²) in [5, 5.41) is 11.5. The van der Waals surface area contributed by atoms with Gasteiger partial charge in [0.05, 0.1) is 11.6 Å². The maximum absolute atomic E-state index is 13.1. The third-order valence-electron chi connectivity index (χ3n) is 5.40. The first-order valence-corrected chi connectivity index (χ1v) is 9.81. The van der Waals surface area contributed by atoms with Crippen LogP contribution in [-0.2, 0) is 9.59 Å². The van der Waals surface area contributed by atoms with Crippen molar-refractivity contribution in [3.05, 3.63) is 99.8 Å². The average molecular weight is 419 g/mol. The van der Waals surface area contributed by atoms with Crippen molar-refractivity contribution in [2.75, 3.05) is 4.90 Å². The third-order valence-corrected chi connectivity index (χ3v) is 5.65. The first kappa shape index (κ1) is 19.9. The molecule has 0 radical (unpaired) electrons. The van der Waals surface area contributed by atoms with Crippen LogP contribution in [0, 0.1) is 13.8 Å². The zero-order chi connectivity index (χ0) is 21.4. The number of aliphatic hydroxyl groups is 1. The number of amides is 1. The van der Waals surface area contributed by atoms with Crippen molar-refractivity contribution in [2.45, 2.75) is 19.9 Å². The van der Waals surface area contributed by atoms with Crippen molar-refractivity contribution in [1.82, 2.24) is 4.98 Å². The van der Waals surface area contributed by atoms with Gasteiger partial charge in [-0.2, -0.15) is 0 Å². The van der Waals surface area contributed by atoms with Crippen LogP contribution in [0.2, 0.25) is 5.02 Å². The Labute approximate surface area is 179 Å². The van der Waals surface area contributed by atoms with E-state index in [4.69, 9.17) is 11.6 Å². The topological polar surface area (TPSA) is 70.5 Å². The fourth-order valence-corrected chi connectivity index (χ4v) is 3.82. The molecule has 1 amide bonds. The standard InChI is InChI=1S/C24H19ClN2O3/c1-14-5-3-7-19(15(14)2)27-21(17-6-4-12-26-13-17)20(23(29)24(27)30)22(28)16-8-10-18(25)11-9-16/h3-13,21,28H,1-2H3/b22-20+. The van der Waals surface area contributed by atoms with E-state index in [1.165, 1.54) is 4.90 Å². The number of rotatable bonds is 3. The molecule has 150 valence electrons. The molecule has 0 aliphatic carbocycles. The largest absolute Gasteiger partial charge is 0.507 e. The minimum atomic E-state index is -0.796. The van der Waals surface area contributed by atoms with E-state index >= 15 is 0 Å². The molecule has 1 N–H and O–H groups in total. The van der Waals surface area contributed by atoms with Crippen LogP contribution in [0.1, 0.15) is 28.3 Å². The second kappa shape index (κ2) is 7.76. The molecule has 1 aliphatic rings. The minimum Gasteiger partial charge on any atom is -0.507 e. The van der Waals surface area contributed by atoms with Crippen LogP contribution >= 0.6 is 11.6 Å². The van der Waals surface area contributed by atoms with Crippen LogP contribution < -0.4 is 4.90 Å². The summed E-state index contributed by atoms with van der Waals surface area (Å²) < 4.78 is 0. The predicted molar refractivity (Wildman–Crippen MR) is 116 cm³/mol. The second-order valence-electron chi connectivity index (χ2n) is 7.18. The van der Waals surface area contributed by atoms with Gasteiger partial charge in [-0.15, -0.1) is 0 Å². The lowest BCUT2D eigenvalue weighted by Gasteiger charge is -2.27. The maximum atomic E-state index is 13.1. The normalized spacial score (nSPS) is 18.1. The Hall–Kier alpha value is -3.44. The van der Waals surface area contributed by atoms with Crippen LogP contribution in [0.4, 0.5) is 5.69 Å². The van der Waals surface area contributed by atoms with Gasteiger partial charge < -0.3 is 5.11 Å². The van der Waals surface area contributed by atoms with Gasteiger partial charge >= 0.3 is 0 Å². The SMILES string of the molecule is Cc1cccc(N2C(=O)C(=O)/C(=C(/O)c3ccc(Cl)cc3)C2c2cccnc2)c1C. The summed E-state index contributed by atoms with van der Waals surface area (Å²) in [4.78, 5) is 31.8. The van der Waals surface area contributed by atoms with Crippen LogP contribution in [-0.4, -0.2) is 21.8 Å². The molecule has 1 aromatic heterocycles. The molecule has 1 fully saturated rings. The van der Waals surface area contributed by atoms with Crippen molar-refractivity contribution in [2.24, 2.45) is 0 Å². The minimum absolute atomic E-state index is 0.0243. The molecule has 1 unspecified atom stereocenters. The first-order chi connectivity index (χ1) is 14.4. The summed E-state index contributed by atoms with van der Waals surface area (Å²) in [6.07, 6.45) is 3.22. The lowest BCUT2D eigenvalue weighted by Crippen LogP contribution is -2.30. The third kappa shape index (κ3) is 3.27. The van der Waals surface area contributed by atoms with E-state index in [-0.39, 0.29) is 11.3 Å². The number of pyridine rings is 1. The first-order valence-electron chi connectivity index (χ1n) is 9.43. The van der Waals surface area contributed by atoms with Gasteiger partial charge in [-0.25, -0.2) is 0 Å². The lowest BCUT2D eigenvalue weighted by atomic mass is 9.95. The smallest absolute Gasteiger partial charge is 0.300 e. The predicted octanol–water partition coefficient (Wildman–Crippen LogP) is 4.98. The van der Waals surface area contributed by atoms with Crippen LogP contribution in [0.25, 0.3) is 5.76 Å². The van der Waals surface area contributed by atoms with E-state index in [9.17, 15) is 14.7 Å². The molecule has 0 bridgehead atoms. The maximum Gasteiger partial charge on any atom is 0.300 e. The molecule has 0 spiro atoms. The van der Waals surface area contributed by atoms with Gasteiger partial charge in [-0.3, -0.25) is 19.5 Å². The Balaban J connectivity index is 1.97. The highest BCUT2D eigenvalue weighted by molar-refractivity contribution is 6.51. The van der Waals surface area contributed by atoms with Gasteiger partial charge in [0.2, 0.25) is 0 Å². The number of benzene rings is 2. The van der Waals surface area contributed by atoms with Gasteiger partial charge in [0.15, 0.2) is 0 Å². The van der Waals surface area contributed by atoms with E-state index in [0.717, 1.165) is 11.1 Å². The number of aliphatic hydroxyl groups excluding tert-OH is 1. The number of hydrogen-bond acceptors (Lipinski definition) is 4. The van der Waals surface area contributed by atoms with Gasteiger partial charge in [-0.1, -0.05) is 29.8 Å². The lowest BCUT2D eigenvalue weighted by molar-refractivity contribution is -0.132. The van der Waals surface area contributed by atoms with E-state index in [0.29, 0.717) is 21.8 Å². The number of nitrogens with zero attached hydrogens (tertiary/aromatic N) is 2.